The van der Waals surface area contributed by atoms with Crippen LogP contribution in [-0.4, -0.2) is 48.0 Å². The highest BCUT2D eigenvalue weighted by atomic mass is 35.5. The van der Waals surface area contributed by atoms with Crippen LogP contribution in [0.5, 0.6) is 5.75 Å². The SMILES string of the molecule is CN1CCC2(CC1)CC2COc1cc2ncnc(Nc3ccc(F)c(Cl)c3)c2cc1NC=O. The summed E-state index contributed by atoms with van der Waals surface area (Å²) in [5.74, 6) is 1.14. The zero-order chi connectivity index (χ0) is 23.0. The van der Waals surface area contributed by atoms with E-state index in [1.165, 1.54) is 37.7 Å². The normalized spacial score (nSPS) is 19.4. The third-order valence-electron chi connectivity index (χ3n) is 6.92. The Morgan fingerprint density at radius 2 is 2.09 bits per heavy atom. The van der Waals surface area contributed by atoms with Gasteiger partial charge in [-0.15, -0.1) is 0 Å². The van der Waals surface area contributed by atoms with Gasteiger partial charge in [0.25, 0.3) is 0 Å². The second-order valence-electron chi connectivity index (χ2n) is 8.98. The Morgan fingerprint density at radius 3 is 2.85 bits per heavy atom. The average Bonchev–Trinajstić information content (AvgIpc) is 3.49. The molecule has 3 aromatic rings. The molecule has 7 nitrogen and oxygen atoms in total. The molecule has 5 rings (SSSR count). The number of fused-ring (bicyclic) bond motifs is 1. The van der Waals surface area contributed by atoms with Gasteiger partial charge in [-0.1, -0.05) is 11.6 Å². The first-order valence-corrected chi connectivity index (χ1v) is 11.4. The fraction of sp³-hybridized carbons (Fsp3) is 0.375. The number of aromatic nitrogens is 2. The van der Waals surface area contributed by atoms with Crippen LogP contribution in [-0.2, 0) is 4.79 Å². The predicted octanol–water partition coefficient (Wildman–Crippen LogP) is 4.84. The molecule has 9 heteroatoms. The van der Waals surface area contributed by atoms with E-state index in [4.69, 9.17) is 16.3 Å². The smallest absolute Gasteiger partial charge is 0.211 e. The van der Waals surface area contributed by atoms with E-state index in [2.05, 4.69) is 32.5 Å². The van der Waals surface area contributed by atoms with Crippen LogP contribution in [0.25, 0.3) is 10.9 Å². The van der Waals surface area contributed by atoms with Crippen molar-refractivity contribution in [3.63, 3.8) is 0 Å². The van der Waals surface area contributed by atoms with Crippen LogP contribution in [0.1, 0.15) is 19.3 Å². The van der Waals surface area contributed by atoms with Gasteiger partial charge in [0.05, 0.1) is 22.8 Å². The number of likely N-dealkylation sites (tertiary alicyclic amines) is 1. The Balaban J connectivity index is 1.38. The van der Waals surface area contributed by atoms with E-state index < -0.39 is 5.82 Å². The van der Waals surface area contributed by atoms with E-state index in [9.17, 15) is 9.18 Å². The zero-order valence-corrected chi connectivity index (χ0v) is 19.0. The molecule has 2 aromatic carbocycles. The van der Waals surface area contributed by atoms with Crippen molar-refractivity contribution in [2.24, 2.45) is 11.3 Å². The van der Waals surface area contributed by atoms with E-state index in [1.807, 2.05) is 6.07 Å². The summed E-state index contributed by atoms with van der Waals surface area (Å²) in [6.45, 7) is 2.89. The van der Waals surface area contributed by atoms with Gasteiger partial charge in [0.1, 0.15) is 23.7 Å². The monoisotopic (exact) mass is 469 g/mol. The molecule has 2 N–H and O–H groups in total. The molecule has 1 saturated carbocycles. The van der Waals surface area contributed by atoms with Crippen LogP contribution in [0.2, 0.25) is 5.02 Å². The molecule has 1 unspecified atom stereocenters. The lowest BCUT2D eigenvalue weighted by atomic mass is 9.91. The lowest BCUT2D eigenvalue weighted by Crippen LogP contribution is -2.32. The number of rotatable bonds is 7. The highest BCUT2D eigenvalue weighted by Gasteiger charge is 2.54. The highest BCUT2D eigenvalue weighted by molar-refractivity contribution is 6.31. The lowest BCUT2D eigenvalue weighted by molar-refractivity contribution is -0.105. The van der Waals surface area contributed by atoms with Crippen LogP contribution in [0.3, 0.4) is 0 Å². The summed E-state index contributed by atoms with van der Waals surface area (Å²) < 4.78 is 19.7. The molecule has 1 aromatic heterocycles. The molecule has 0 radical (unpaired) electrons. The van der Waals surface area contributed by atoms with E-state index in [0.717, 1.165) is 13.1 Å². The number of hydrogen-bond donors (Lipinski definition) is 2. The van der Waals surface area contributed by atoms with Gasteiger partial charge in [-0.2, -0.15) is 0 Å². The van der Waals surface area contributed by atoms with E-state index in [1.54, 1.807) is 12.1 Å². The number of nitrogens with one attached hydrogen (secondary N) is 2. The van der Waals surface area contributed by atoms with Crippen LogP contribution >= 0.6 is 11.6 Å². The molecular formula is C24H25ClFN5O2. The molecule has 1 aliphatic heterocycles. The number of amides is 1. The Morgan fingerprint density at radius 1 is 1.27 bits per heavy atom. The van der Waals surface area contributed by atoms with Crippen LogP contribution in [0.15, 0.2) is 36.7 Å². The number of hydrogen-bond acceptors (Lipinski definition) is 6. The number of carbonyl (C=O) groups excluding carboxylic acids is 1. The minimum absolute atomic E-state index is 0.0137. The topological polar surface area (TPSA) is 79.4 Å². The maximum absolute atomic E-state index is 13.5. The first-order chi connectivity index (χ1) is 16.0. The molecule has 1 amide bonds. The van der Waals surface area contributed by atoms with Gasteiger partial charge in [-0.3, -0.25) is 4.79 Å². The Kier molecular flexibility index (Phi) is 5.80. The molecule has 1 spiro atoms. The van der Waals surface area contributed by atoms with Crippen molar-refractivity contribution in [1.29, 1.82) is 0 Å². The summed E-state index contributed by atoms with van der Waals surface area (Å²) >= 11 is 5.90. The van der Waals surface area contributed by atoms with E-state index >= 15 is 0 Å². The predicted molar refractivity (Wildman–Crippen MR) is 127 cm³/mol. The number of carbonyl (C=O) groups is 1. The van der Waals surface area contributed by atoms with Crippen molar-refractivity contribution >= 4 is 46.1 Å². The summed E-state index contributed by atoms with van der Waals surface area (Å²) in [5.41, 5.74) is 2.21. The summed E-state index contributed by atoms with van der Waals surface area (Å²) in [7, 11) is 2.17. The summed E-state index contributed by atoms with van der Waals surface area (Å²) in [4.78, 5) is 22.3. The van der Waals surface area contributed by atoms with Gasteiger partial charge in [-0.25, -0.2) is 14.4 Å². The molecule has 1 aliphatic carbocycles. The second kappa shape index (κ2) is 8.76. The van der Waals surface area contributed by atoms with Crippen molar-refractivity contribution in [2.45, 2.75) is 19.3 Å². The van der Waals surface area contributed by atoms with Gasteiger partial charge in [0.2, 0.25) is 6.41 Å². The van der Waals surface area contributed by atoms with Crippen molar-refractivity contribution in [3.05, 3.63) is 47.5 Å². The Labute approximate surface area is 196 Å². The molecule has 2 aliphatic rings. The van der Waals surface area contributed by atoms with Gasteiger partial charge < -0.3 is 20.3 Å². The third-order valence-corrected chi connectivity index (χ3v) is 7.20. The molecule has 2 heterocycles. The number of piperidine rings is 1. The van der Waals surface area contributed by atoms with Crippen LogP contribution in [0, 0.1) is 17.2 Å². The molecule has 33 heavy (non-hydrogen) atoms. The van der Waals surface area contributed by atoms with Crippen molar-refractivity contribution in [3.8, 4) is 5.75 Å². The second-order valence-corrected chi connectivity index (χ2v) is 9.39. The first-order valence-electron chi connectivity index (χ1n) is 11.0. The van der Waals surface area contributed by atoms with Gasteiger partial charge in [0, 0.05) is 17.1 Å². The minimum atomic E-state index is -0.494. The Bertz CT molecular complexity index is 1200. The molecule has 1 atom stereocenters. The quantitative estimate of drug-likeness (QED) is 0.482. The molecule has 1 saturated heterocycles. The molecule has 0 bridgehead atoms. The fourth-order valence-corrected chi connectivity index (χ4v) is 4.90. The maximum Gasteiger partial charge on any atom is 0.211 e. The average molecular weight is 470 g/mol. The van der Waals surface area contributed by atoms with Crippen molar-refractivity contribution < 1.29 is 13.9 Å². The summed E-state index contributed by atoms with van der Waals surface area (Å²) in [6, 6.07) is 7.95. The molecule has 2 fully saturated rings. The Hall–Kier alpha value is -2.97. The van der Waals surface area contributed by atoms with Gasteiger partial charge in [0.15, 0.2) is 0 Å². The highest BCUT2D eigenvalue weighted by Crippen LogP contribution is 2.59. The number of benzene rings is 2. The maximum atomic E-state index is 13.5. The van der Waals surface area contributed by atoms with E-state index in [0.29, 0.717) is 58.2 Å². The van der Waals surface area contributed by atoms with Crippen LogP contribution < -0.4 is 15.4 Å². The number of ether oxygens (including phenoxy) is 1. The molecular weight excluding hydrogens is 445 g/mol. The summed E-state index contributed by atoms with van der Waals surface area (Å²) in [6.07, 6.45) is 5.69. The zero-order valence-electron chi connectivity index (χ0n) is 18.3. The summed E-state index contributed by atoms with van der Waals surface area (Å²) in [5, 5.41) is 6.58. The standard InChI is InChI=1S/C24H25ClFN5O2/c1-31-6-4-24(5-7-31)11-15(24)12-33-22-10-20-17(9-21(22)29-14-32)23(28-13-27-20)30-16-2-3-19(26)18(25)8-16/h2-3,8-10,13-15H,4-7,11-12H2,1H3,(H,29,32)(H,27,28,30). The van der Waals surface area contributed by atoms with Gasteiger partial charge in [-0.05, 0) is 75.0 Å². The van der Waals surface area contributed by atoms with Crippen molar-refractivity contribution in [1.82, 2.24) is 14.9 Å². The number of anilines is 3. The number of nitrogens with zero attached hydrogens (tertiary/aromatic N) is 3. The van der Waals surface area contributed by atoms with E-state index in [-0.39, 0.29) is 5.02 Å². The largest absolute Gasteiger partial charge is 0.491 e. The number of halogens is 2. The molecule has 172 valence electrons. The minimum Gasteiger partial charge on any atom is -0.491 e. The first kappa shape index (κ1) is 21.9. The van der Waals surface area contributed by atoms with Crippen LogP contribution in [0.4, 0.5) is 21.6 Å². The van der Waals surface area contributed by atoms with Gasteiger partial charge >= 0.3 is 0 Å². The third kappa shape index (κ3) is 4.45. The lowest BCUT2D eigenvalue weighted by Gasteiger charge is -2.30. The van der Waals surface area contributed by atoms with Crippen molar-refractivity contribution in [2.75, 3.05) is 37.4 Å². The fourth-order valence-electron chi connectivity index (χ4n) is 4.72.